The van der Waals surface area contributed by atoms with Crippen LogP contribution in [-0.2, 0) is 0 Å². The summed E-state index contributed by atoms with van der Waals surface area (Å²) in [7, 11) is 0. The molecular formula is C15H14BrN3O. The van der Waals surface area contributed by atoms with Gasteiger partial charge in [-0.2, -0.15) is 0 Å². The summed E-state index contributed by atoms with van der Waals surface area (Å²) in [6.45, 7) is 4.59. The Kier molecular flexibility index (Phi) is 3.44. The van der Waals surface area contributed by atoms with Crippen molar-refractivity contribution in [2.75, 3.05) is 6.61 Å². The number of aromatic nitrogens is 3. The standard InChI is InChI=1S/C15H14BrN3O/c1-3-20-11-6-4-10(5-7-11)14-18-13-8-12(16)9(2)17-15(13)19-14/h4-8H,3H2,1-2H3,(H,17,18,19). The van der Waals surface area contributed by atoms with Crippen LogP contribution in [-0.4, -0.2) is 21.6 Å². The molecule has 0 radical (unpaired) electrons. The third-order valence-corrected chi connectivity index (χ3v) is 3.84. The van der Waals surface area contributed by atoms with Gasteiger partial charge in [0.15, 0.2) is 5.65 Å². The number of benzene rings is 1. The lowest BCUT2D eigenvalue weighted by Gasteiger charge is -2.02. The number of nitrogens with one attached hydrogen (secondary N) is 1. The number of aromatic amines is 1. The van der Waals surface area contributed by atoms with Crippen molar-refractivity contribution in [3.05, 3.63) is 40.5 Å². The quantitative estimate of drug-likeness (QED) is 0.786. The molecule has 1 N–H and O–H groups in total. The number of hydrogen-bond donors (Lipinski definition) is 1. The van der Waals surface area contributed by atoms with Crippen molar-refractivity contribution >= 4 is 27.1 Å². The third-order valence-electron chi connectivity index (χ3n) is 3.04. The van der Waals surface area contributed by atoms with Crippen LogP contribution in [0, 0.1) is 6.92 Å². The lowest BCUT2D eigenvalue weighted by molar-refractivity contribution is 0.340. The zero-order chi connectivity index (χ0) is 14.1. The molecule has 0 saturated heterocycles. The van der Waals surface area contributed by atoms with E-state index in [2.05, 4.69) is 30.9 Å². The van der Waals surface area contributed by atoms with Crippen LogP contribution in [0.1, 0.15) is 12.6 Å². The summed E-state index contributed by atoms with van der Waals surface area (Å²) in [5, 5.41) is 0. The highest BCUT2D eigenvalue weighted by molar-refractivity contribution is 9.10. The van der Waals surface area contributed by atoms with Gasteiger partial charge in [-0.25, -0.2) is 9.97 Å². The largest absolute Gasteiger partial charge is 0.494 e. The number of rotatable bonds is 3. The lowest BCUT2D eigenvalue weighted by atomic mass is 10.2. The first-order valence-electron chi connectivity index (χ1n) is 6.43. The Balaban J connectivity index is 2.01. The second kappa shape index (κ2) is 5.25. The number of aryl methyl sites for hydroxylation is 1. The van der Waals surface area contributed by atoms with Crippen LogP contribution in [0.2, 0.25) is 0 Å². The van der Waals surface area contributed by atoms with Crippen LogP contribution in [0.25, 0.3) is 22.6 Å². The normalized spacial score (nSPS) is 10.9. The molecule has 0 saturated carbocycles. The average molecular weight is 332 g/mol. The van der Waals surface area contributed by atoms with Gasteiger partial charge in [0.1, 0.15) is 11.6 Å². The van der Waals surface area contributed by atoms with Gasteiger partial charge in [0.05, 0.1) is 17.8 Å². The van der Waals surface area contributed by atoms with Crippen LogP contribution >= 0.6 is 15.9 Å². The van der Waals surface area contributed by atoms with Gasteiger partial charge in [0.25, 0.3) is 0 Å². The molecule has 0 bridgehead atoms. The molecule has 3 rings (SSSR count). The summed E-state index contributed by atoms with van der Waals surface area (Å²) in [5.41, 5.74) is 3.60. The summed E-state index contributed by atoms with van der Waals surface area (Å²) in [4.78, 5) is 12.3. The van der Waals surface area contributed by atoms with E-state index in [1.165, 1.54) is 0 Å². The minimum atomic E-state index is 0.668. The van der Waals surface area contributed by atoms with Gasteiger partial charge in [0.2, 0.25) is 0 Å². The molecule has 0 fully saturated rings. The number of hydrogen-bond acceptors (Lipinski definition) is 3. The third kappa shape index (κ3) is 2.41. The van der Waals surface area contributed by atoms with E-state index in [9.17, 15) is 0 Å². The van der Waals surface area contributed by atoms with Crippen molar-refractivity contribution in [1.29, 1.82) is 0 Å². The van der Waals surface area contributed by atoms with Crippen molar-refractivity contribution in [2.24, 2.45) is 0 Å². The van der Waals surface area contributed by atoms with E-state index in [4.69, 9.17) is 4.74 Å². The SMILES string of the molecule is CCOc1ccc(-c2nc3nc(C)c(Br)cc3[nH]2)cc1. The molecular weight excluding hydrogens is 318 g/mol. The molecule has 0 spiro atoms. The second-order valence-electron chi connectivity index (χ2n) is 4.47. The monoisotopic (exact) mass is 331 g/mol. The smallest absolute Gasteiger partial charge is 0.178 e. The Labute approximate surface area is 125 Å². The Morgan fingerprint density at radius 1 is 1.20 bits per heavy atom. The van der Waals surface area contributed by atoms with Gasteiger partial charge in [-0.15, -0.1) is 0 Å². The Morgan fingerprint density at radius 2 is 1.95 bits per heavy atom. The van der Waals surface area contributed by atoms with Crippen molar-refractivity contribution in [2.45, 2.75) is 13.8 Å². The molecule has 1 aromatic carbocycles. The number of H-pyrrole nitrogens is 1. The lowest BCUT2D eigenvalue weighted by Crippen LogP contribution is -1.90. The number of halogens is 1. The Morgan fingerprint density at radius 3 is 2.65 bits per heavy atom. The number of imidazole rings is 1. The number of nitrogens with zero attached hydrogens (tertiary/aromatic N) is 2. The van der Waals surface area contributed by atoms with E-state index >= 15 is 0 Å². The van der Waals surface area contributed by atoms with Crippen molar-refractivity contribution < 1.29 is 4.74 Å². The summed E-state index contributed by atoms with van der Waals surface area (Å²) in [6.07, 6.45) is 0. The van der Waals surface area contributed by atoms with E-state index in [0.29, 0.717) is 6.61 Å². The Hall–Kier alpha value is -1.88. The first kappa shape index (κ1) is 13.1. The molecule has 3 aromatic rings. The maximum atomic E-state index is 5.44. The fourth-order valence-corrected chi connectivity index (χ4v) is 2.34. The van der Waals surface area contributed by atoms with Crippen molar-refractivity contribution in [1.82, 2.24) is 15.0 Å². The van der Waals surface area contributed by atoms with E-state index in [1.54, 1.807) is 0 Å². The maximum absolute atomic E-state index is 5.44. The van der Waals surface area contributed by atoms with Crippen LogP contribution in [0.4, 0.5) is 0 Å². The first-order chi connectivity index (χ1) is 9.67. The predicted octanol–water partition coefficient (Wildman–Crippen LogP) is 4.09. The highest BCUT2D eigenvalue weighted by Crippen LogP contribution is 2.24. The van der Waals surface area contributed by atoms with Crippen LogP contribution in [0.3, 0.4) is 0 Å². The van der Waals surface area contributed by atoms with Gasteiger partial charge < -0.3 is 9.72 Å². The van der Waals surface area contributed by atoms with E-state index < -0.39 is 0 Å². The Bertz CT molecular complexity index is 711. The minimum absolute atomic E-state index is 0.668. The highest BCUT2D eigenvalue weighted by atomic mass is 79.9. The average Bonchev–Trinajstić information content (AvgIpc) is 2.83. The number of ether oxygens (including phenoxy) is 1. The minimum Gasteiger partial charge on any atom is -0.494 e. The van der Waals surface area contributed by atoms with Gasteiger partial charge >= 0.3 is 0 Å². The van der Waals surface area contributed by atoms with Gasteiger partial charge in [-0.3, -0.25) is 0 Å². The summed E-state index contributed by atoms with van der Waals surface area (Å²) in [6, 6.07) is 9.87. The molecule has 0 unspecified atom stereocenters. The van der Waals surface area contributed by atoms with E-state index in [-0.39, 0.29) is 0 Å². The molecule has 20 heavy (non-hydrogen) atoms. The first-order valence-corrected chi connectivity index (χ1v) is 7.23. The van der Waals surface area contributed by atoms with Crippen molar-refractivity contribution in [3.63, 3.8) is 0 Å². The number of fused-ring (bicyclic) bond motifs is 1. The van der Waals surface area contributed by atoms with Gasteiger partial charge in [0, 0.05) is 10.0 Å². The molecule has 0 amide bonds. The predicted molar refractivity (Wildman–Crippen MR) is 82.9 cm³/mol. The molecule has 5 heteroatoms. The molecule has 0 atom stereocenters. The fourth-order valence-electron chi connectivity index (χ4n) is 2.02. The number of pyridine rings is 1. The van der Waals surface area contributed by atoms with E-state index in [0.717, 1.165) is 38.5 Å². The van der Waals surface area contributed by atoms with Crippen LogP contribution in [0.5, 0.6) is 5.75 Å². The highest BCUT2D eigenvalue weighted by Gasteiger charge is 2.08. The zero-order valence-electron chi connectivity index (χ0n) is 11.3. The van der Waals surface area contributed by atoms with Crippen LogP contribution < -0.4 is 4.74 Å². The second-order valence-corrected chi connectivity index (χ2v) is 5.32. The molecule has 4 nitrogen and oxygen atoms in total. The topological polar surface area (TPSA) is 50.8 Å². The molecule has 0 aliphatic carbocycles. The van der Waals surface area contributed by atoms with E-state index in [1.807, 2.05) is 44.2 Å². The maximum Gasteiger partial charge on any atom is 0.178 e. The summed E-state index contributed by atoms with van der Waals surface area (Å²) >= 11 is 3.48. The fraction of sp³-hybridized carbons (Fsp3) is 0.200. The van der Waals surface area contributed by atoms with Crippen LogP contribution in [0.15, 0.2) is 34.8 Å². The van der Waals surface area contributed by atoms with Crippen molar-refractivity contribution in [3.8, 4) is 17.1 Å². The summed E-state index contributed by atoms with van der Waals surface area (Å²) in [5.74, 6) is 1.68. The van der Waals surface area contributed by atoms with Gasteiger partial charge in [-0.1, -0.05) is 0 Å². The molecule has 102 valence electrons. The molecule has 2 aromatic heterocycles. The molecule has 0 aliphatic heterocycles. The van der Waals surface area contributed by atoms with Gasteiger partial charge in [-0.05, 0) is 60.1 Å². The summed E-state index contributed by atoms with van der Waals surface area (Å²) < 4.78 is 6.42. The molecule has 2 heterocycles. The zero-order valence-corrected chi connectivity index (χ0v) is 12.9. The molecule has 0 aliphatic rings.